The Labute approximate surface area is 75.5 Å². The molecule has 0 spiro atoms. The van der Waals surface area contributed by atoms with Gasteiger partial charge >= 0.3 is 6.36 Å². The first-order valence-corrected chi connectivity index (χ1v) is 3.24. The summed E-state index contributed by atoms with van der Waals surface area (Å²) in [5, 5.41) is 8.35. The summed E-state index contributed by atoms with van der Waals surface area (Å²) >= 11 is 0. The largest absolute Gasteiger partial charge is 0.573 e. The van der Waals surface area contributed by atoms with Gasteiger partial charge in [0.25, 0.3) is 5.95 Å². The fourth-order valence-corrected chi connectivity index (χ4v) is 0.724. The highest BCUT2D eigenvalue weighted by Gasteiger charge is 2.34. The first-order valence-electron chi connectivity index (χ1n) is 3.24. The molecule has 0 atom stereocenters. The standard InChI is InChI=1S/C7H2F4N2O/c8-6-5(14-7(9,10)11)4(3-12)1-2-13-6/h1-2H. The van der Waals surface area contributed by atoms with Crippen LogP contribution in [-0.2, 0) is 0 Å². The Balaban J connectivity index is 3.13. The minimum absolute atomic E-state index is 0.560. The Morgan fingerprint density at radius 3 is 2.57 bits per heavy atom. The lowest BCUT2D eigenvalue weighted by Crippen LogP contribution is -2.19. The molecular formula is C7H2F4N2O. The highest BCUT2D eigenvalue weighted by molar-refractivity contribution is 5.41. The Hall–Kier alpha value is -1.84. The summed E-state index contributed by atoms with van der Waals surface area (Å²) in [6.45, 7) is 0. The summed E-state index contributed by atoms with van der Waals surface area (Å²) in [7, 11) is 0. The van der Waals surface area contributed by atoms with Gasteiger partial charge in [0, 0.05) is 6.20 Å². The summed E-state index contributed by atoms with van der Waals surface area (Å²) in [6, 6.07) is 2.27. The van der Waals surface area contributed by atoms with Crippen LogP contribution in [0.4, 0.5) is 17.6 Å². The van der Waals surface area contributed by atoms with E-state index in [0.29, 0.717) is 0 Å². The fourth-order valence-electron chi connectivity index (χ4n) is 0.724. The number of hydrogen-bond acceptors (Lipinski definition) is 3. The van der Waals surface area contributed by atoms with E-state index in [9.17, 15) is 17.6 Å². The minimum Gasteiger partial charge on any atom is -0.399 e. The maximum atomic E-state index is 12.7. The van der Waals surface area contributed by atoms with Crippen LogP contribution in [0, 0.1) is 17.3 Å². The lowest BCUT2D eigenvalue weighted by molar-refractivity contribution is -0.275. The van der Waals surface area contributed by atoms with Crippen molar-refractivity contribution < 1.29 is 22.3 Å². The number of nitrogens with zero attached hydrogens (tertiary/aromatic N) is 2. The number of hydrogen-bond donors (Lipinski definition) is 0. The SMILES string of the molecule is N#Cc1ccnc(F)c1OC(F)(F)F. The van der Waals surface area contributed by atoms with Crippen molar-refractivity contribution in [3.05, 3.63) is 23.8 Å². The molecule has 0 aliphatic carbocycles. The molecule has 0 bridgehead atoms. The normalized spacial score (nSPS) is 10.8. The Morgan fingerprint density at radius 2 is 2.07 bits per heavy atom. The van der Waals surface area contributed by atoms with Crippen LogP contribution in [0.3, 0.4) is 0 Å². The van der Waals surface area contributed by atoms with E-state index in [1.165, 1.54) is 6.07 Å². The molecule has 0 N–H and O–H groups in total. The molecule has 3 nitrogen and oxygen atoms in total. The summed E-state index contributed by atoms with van der Waals surface area (Å²) in [5.74, 6) is -2.68. The Bertz CT molecular complexity index is 382. The fraction of sp³-hybridized carbons (Fsp3) is 0.143. The van der Waals surface area contributed by atoms with E-state index < -0.39 is 23.6 Å². The molecule has 0 aliphatic heterocycles. The van der Waals surface area contributed by atoms with Crippen molar-refractivity contribution in [3.8, 4) is 11.8 Å². The van der Waals surface area contributed by atoms with Crippen LogP contribution in [0.25, 0.3) is 0 Å². The van der Waals surface area contributed by atoms with Crippen LogP contribution in [0.15, 0.2) is 12.3 Å². The van der Waals surface area contributed by atoms with Gasteiger partial charge in [0.2, 0.25) is 5.75 Å². The average Bonchev–Trinajstić information content (AvgIpc) is 2.06. The number of rotatable bonds is 1. The number of ether oxygens (including phenoxy) is 1. The highest BCUT2D eigenvalue weighted by Crippen LogP contribution is 2.27. The monoisotopic (exact) mass is 206 g/mol. The first kappa shape index (κ1) is 10.2. The van der Waals surface area contributed by atoms with Crippen LogP contribution in [0.2, 0.25) is 0 Å². The molecule has 0 unspecified atom stereocenters. The van der Waals surface area contributed by atoms with Gasteiger partial charge in [-0.3, -0.25) is 0 Å². The molecule has 0 aliphatic rings. The van der Waals surface area contributed by atoms with Crippen molar-refractivity contribution in [2.24, 2.45) is 0 Å². The third-order valence-corrected chi connectivity index (χ3v) is 1.20. The Morgan fingerprint density at radius 1 is 1.43 bits per heavy atom. The predicted molar refractivity (Wildman–Crippen MR) is 35.6 cm³/mol. The number of nitriles is 1. The highest BCUT2D eigenvalue weighted by atomic mass is 19.4. The van der Waals surface area contributed by atoms with Crippen molar-refractivity contribution in [1.82, 2.24) is 4.98 Å². The zero-order valence-corrected chi connectivity index (χ0v) is 6.47. The van der Waals surface area contributed by atoms with Crippen LogP contribution in [0.5, 0.6) is 5.75 Å². The van der Waals surface area contributed by atoms with Crippen molar-refractivity contribution in [3.63, 3.8) is 0 Å². The molecule has 74 valence electrons. The van der Waals surface area contributed by atoms with Crippen LogP contribution >= 0.6 is 0 Å². The molecule has 0 fully saturated rings. The Kier molecular flexibility index (Phi) is 2.56. The van der Waals surface area contributed by atoms with E-state index in [0.717, 1.165) is 12.3 Å². The van der Waals surface area contributed by atoms with Gasteiger partial charge in [-0.1, -0.05) is 0 Å². The average molecular weight is 206 g/mol. The van der Waals surface area contributed by atoms with E-state index in [4.69, 9.17) is 5.26 Å². The first-order chi connectivity index (χ1) is 6.44. The molecule has 0 saturated carbocycles. The molecule has 14 heavy (non-hydrogen) atoms. The second-order valence-corrected chi connectivity index (χ2v) is 2.14. The van der Waals surface area contributed by atoms with Gasteiger partial charge in [-0.25, -0.2) is 4.98 Å². The van der Waals surface area contributed by atoms with Gasteiger partial charge in [-0.15, -0.1) is 13.2 Å². The summed E-state index contributed by atoms with van der Waals surface area (Å²) in [5.41, 5.74) is -0.560. The van der Waals surface area contributed by atoms with Gasteiger partial charge in [-0.05, 0) is 6.07 Å². The van der Waals surface area contributed by atoms with Gasteiger partial charge in [0.15, 0.2) is 0 Å². The molecular weight excluding hydrogens is 204 g/mol. The van der Waals surface area contributed by atoms with E-state index in [2.05, 4.69) is 9.72 Å². The van der Waals surface area contributed by atoms with Crippen LogP contribution in [-0.4, -0.2) is 11.3 Å². The minimum atomic E-state index is -5.05. The lowest BCUT2D eigenvalue weighted by Gasteiger charge is -2.09. The lowest BCUT2D eigenvalue weighted by atomic mass is 10.3. The molecule has 7 heteroatoms. The molecule has 1 heterocycles. The van der Waals surface area contributed by atoms with E-state index in [1.54, 1.807) is 0 Å². The zero-order chi connectivity index (χ0) is 10.8. The number of pyridine rings is 1. The van der Waals surface area contributed by atoms with Gasteiger partial charge in [-0.2, -0.15) is 9.65 Å². The number of alkyl halides is 3. The maximum Gasteiger partial charge on any atom is 0.573 e. The molecule has 0 radical (unpaired) electrons. The second-order valence-electron chi connectivity index (χ2n) is 2.14. The predicted octanol–water partition coefficient (Wildman–Crippen LogP) is 1.99. The van der Waals surface area contributed by atoms with Crippen molar-refractivity contribution in [2.45, 2.75) is 6.36 Å². The summed E-state index contributed by atoms with van der Waals surface area (Å²) in [4.78, 5) is 2.93. The third kappa shape index (κ3) is 2.32. The van der Waals surface area contributed by atoms with Crippen molar-refractivity contribution in [2.75, 3.05) is 0 Å². The molecule has 0 aromatic carbocycles. The van der Waals surface area contributed by atoms with Gasteiger partial charge in [0.05, 0.1) is 0 Å². The quantitative estimate of drug-likeness (QED) is 0.521. The zero-order valence-electron chi connectivity index (χ0n) is 6.47. The van der Waals surface area contributed by atoms with E-state index >= 15 is 0 Å². The van der Waals surface area contributed by atoms with Crippen LogP contribution in [0.1, 0.15) is 5.56 Å². The van der Waals surface area contributed by atoms with Gasteiger partial charge < -0.3 is 4.74 Å². The summed E-state index contributed by atoms with van der Waals surface area (Å²) < 4.78 is 51.1. The van der Waals surface area contributed by atoms with Gasteiger partial charge in [0.1, 0.15) is 11.6 Å². The molecule has 1 rings (SSSR count). The van der Waals surface area contributed by atoms with Crippen LogP contribution < -0.4 is 4.74 Å². The topological polar surface area (TPSA) is 45.9 Å². The molecule has 0 saturated heterocycles. The van der Waals surface area contributed by atoms with E-state index in [-0.39, 0.29) is 0 Å². The summed E-state index contributed by atoms with van der Waals surface area (Å²) in [6.07, 6.45) is -4.17. The molecule has 0 amide bonds. The second kappa shape index (κ2) is 3.49. The number of halogens is 4. The molecule has 1 aromatic heterocycles. The number of aromatic nitrogens is 1. The molecule has 1 aromatic rings. The van der Waals surface area contributed by atoms with E-state index in [1.807, 2.05) is 0 Å². The third-order valence-electron chi connectivity index (χ3n) is 1.20. The van der Waals surface area contributed by atoms with Crippen molar-refractivity contribution in [1.29, 1.82) is 5.26 Å². The smallest absolute Gasteiger partial charge is 0.399 e. The van der Waals surface area contributed by atoms with Crippen molar-refractivity contribution >= 4 is 0 Å². The maximum absolute atomic E-state index is 12.7.